The van der Waals surface area contributed by atoms with Crippen LogP contribution >= 0.6 is 21.6 Å². The highest BCUT2D eigenvalue weighted by Gasteiger charge is 2.21. The number of hydrogen-bond acceptors (Lipinski definition) is 4. The third-order valence-electron chi connectivity index (χ3n) is 3.59. The Balaban J connectivity index is 1.73. The Kier molecular flexibility index (Phi) is 7.12. The van der Waals surface area contributed by atoms with E-state index >= 15 is 0 Å². The van der Waals surface area contributed by atoms with E-state index in [1.165, 1.54) is 12.2 Å². The molecule has 1 aromatic carbocycles. The van der Waals surface area contributed by atoms with Gasteiger partial charge in [0.05, 0.1) is 0 Å². The van der Waals surface area contributed by atoms with Crippen LogP contribution in [0, 0.1) is 0 Å². The van der Waals surface area contributed by atoms with E-state index in [1.807, 2.05) is 27.7 Å². The Morgan fingerprint density at radius 2 is 2.05 bits per heavy atom. The minimum Gasteiger partial charge on any atom is -0.479 e. The fraction of sp³-hybridized carbons (Fsp3) is 0.500. The lowest BCUT2D eigenvalue weighted by Crippen LogP contribution is -2.33. The van der Waals surface area contributed by atoms with E-state index in [1.54, 1.807) is 24.3 Å². The largest absolute Gasteiger partial charge is 0.479 e. The second-order valence-electron chi connectivity index (χ2n) is 5.32. The van der Waals surface area contributed by atoms with Crippen molar-refractivity contribution >= 4 is 33.5 Å². The van der Waals surface area contributed by atoms with Crippen molar-refractivity contribution in [1.82, 2.24) is 5.32 Å². The molecule has 120 valence electrons. The van der Waals surface area contributed by atoms with Gasteiger partial charge in [0.2, 0.25) is 5.91 Å². The molecule has 1 aromatic rings. The van der Waals surface area contributed by atoms with E-state index in [0.29, 0.717) is 12.0 Å². The van der Waals surface area contributed by atoms with Gasteiger partial charge in [0.25, 0.3) is 0 Å². The lowest BCUT2D eigenvalue weighted by molar-refractivity contribution is -0.142. The van der Waals surface area contributed by atoms with Crippen molar-refractivity contribution in [1.29, 1.82) is 0 Å². The molecule has 1 saturated heterocycles. The number of rotatable bonds is 8. The maximum absolute atomic E-state index is 11.9. The number of unbranched alkanes of at least 4 members (excludes halogenated alkanes) is 1. The molecule has 2 atom stereocenters. The fourth-order valence-electron chi connectivity index (χ4n) is 2.39. The maximum Gasteiger partial charge on any atom is 0.330 e. The van der Waals surface area contributed by atoms with Crippen LogP contribution < -0.4 is 5.32 Å². The van der Waals surface area contributed by atoms with Gasteiger partial charge >= 0.3 is 5.97 Å². The highest BCUT2D eigenvalue weighted by atomic mass is 33.1. The maximum atomic E-state index is 11.9. The van der Waals surface area contributed by atoms with Crippen molar-refractivity contribution in [3.63, 3.8) is 0 Å². The quantitative estimate of drug-likeness (QED) is 0.559. The number of carboxylic acids is 1. The number of carboxylic acid groups (broad SMARTS) is 1. The summed E-state index contributed by atoms with van der Waals surface area (Å²) in [4.78, 5) is 23.3. The first-order chi connectivity index (χ1) is 10.7. The molecule has 0 aromatic heterocycles. The van der Waals surface area contributed by atoms with Gasteiger partial charge < -0.3 is 10.4 Å². The number of hydrogen-bond donors (Lipinski definition) is 2. The van der Waals surface area contributed by atoms with Crippen molar-refractivity contribution in [2.24, 2.45) is 0 Å². The van der Waals surface area contributed by atoms with Gasteiger partial charge in [-0.1, -0.05) is 58.3 Å². The molecule has 4 nitrogen and oxygen atoms in total. The summed E-state index contributed by atoms with van der Waals surface area (Å²) in [5.74, 6) is 0.0105. The van der Waals surface area contributed by atoms with Crippen LogP contribution in [0.3, 0.4) is 0 Å². The first kappa shape index (κ1) is 17.2. The summed E-state index contributed by atoms with van der Waals surface area (Å²) in [6, 6.07) is 7.84. The number of nitrogens with one attached hydrogen (secondary N) is 1. The number of carbonyl (C=O) groups is 2. The molecule has 6 heteroatoms. The van der Waals surface area contributed by atoms with Crippen molar-refractivity contribution < 1.29 is 14.7 Å². The van der Waals surface area contributed by atoms with Gasteiger partial charge in [0, 0.05) is 17.4 Å². The summed E-state index contributed by atoms with van der Waals surface area (Å²) in [5.41, 5.74) is 0.600. The standard InChI is InChI=1S/C16H21NO3S2/c18-14(9-5-4-8-13-10-11-21-22-13)17-15(16(19)20)12-6-2-1-3-7-12/h1-3,6-7,13,15H,4-5,8-11H2,(H,17,18)(H,19,20). The van der Waals surface area contributed by atoms with Crippen molar-refractivity contribution in [2.75, 3.05) is 5.75 Å². The van der Waals surface area contributed by atoms with Gasteiger partial charge in [-0.15, -0.1) is 0 Å². The average molecular weight is 339 g/mol. The molecule has 2 unspecified atom stereocenters. The second kappa shape index (κ2) is 9.10. The normalized spacial score (nSPS) is 18.8. The lowest BCUT2D eigenvalue weighted by atomic mass is 10.1. The van der Waals surface area contributed by atoms with Crippen LogP contribution in [-0.2, 0) is 9.59 Å². The molecule has 2 N–H and O–H groups in total. The first-order valence-electron chi connectivity index (χ1n) is 7.52. The Morgan fingerprint density at radius 3 is 2.68 bits per heavy atom. The topological polar surface area (TPSA) is 66.4 Å². The zero-order chi connectivity index (χ0) is 15.8. The predicted molar refractivity (Wildman–Crippen MR) is 91.9 cm³/mol. The molecular formula is C16H21NO3S2. The molecule has 1 aliphatic rings. The van der Waals surface area contributed by atoms with Crippen LogP contribution in [0.4, 0.5) is 0 Å². The van der Waals surface area contributed by atoms with E-state index in [-0.39, 0.29) is 5.91 Å². The van der Waals surface area contributed by atoms with Crippen molar-refractivity contribution in [3.05, 3.63) is 35.9 Å². The fourth-order valence-corrected chi connectivity index (χ4v) is 5.42. The average Bonchev–Trinajstić information content (AvgIpc) is 3.03. The van der Waals surface area contributed by atoms with Crippen LogP contribution in [-0.4, -0.2) is 28.0 Å². The van der Waals surface area contributed by atoms with Gasteiger partial charge in [-0.25, -0.2) is 4.79 Å². The number of amides is 1. The minimum atomic E-state index is -1.03. The van der Waals surface area contributed by atoms with E-state index < -0.39 is 12.0 Å². The molecule has 2 rings (SSSR count). The van der Waals surface area contributed by atoms with Crippen LogP contribution in [0.25, 0.3) is 0 Å². The van der Waals surface area contributed by atoms with Gasteiger partial charge in [-0.2, -0.15) is 0 Å². The molecule has 0 radical (unpaired) electrons. The van der Waals surface area contributed by atoms with E-state index in [4.69, 9.17) is 0 Å². The van der Waals surface area contributed by atoms with Gasteiger partial charge in [-0.3, -0.25) is 4.79 Å². The molecule has 1 fully saturated rings. The van der Waals surface area contributed by atoms with Gasteiger partial charge in [0.1, 0.15) is 0 Å². The molecule has 1 aliphatic heterocycles. The van der Waals surface area contributed by atoms with Crippen molar-refractivity contribution in [2.45, 2.75) is 43.4 Å². The van der Waals surface area contributed by atoms with Crippen molar-refractivity contribution in [3.8, 4) is 0 Å². The van der Waals surface area contributed by atoms with Gasteiger partial charge in [0.15, 0.2) is 6.04 Å². The summed E-state index contributed by atoms with van der Waals surface area (Å²) in [7, 11) is 3.88. The third-order valence-corrected chi connectivity index (χ3v) is 6.60. The Labute approximate surface area is 138 Å². The molecule has 0 saturated carbocycles. The third kappa shape index (κ3) is 5.57. The predicted octanol–water partition coefficient (Wildman–Crippen LogP) is 3.64. The molecular weight excluding hydrogens is 318 g/mol. The Bertz CT molecular complexity index is 489. The zero-order valence-electron chi connectivity index (χ0n) is 12.4. The summed E-state index contributed by atoms with van der Waals surface area (Å²) in [6.07, 6.45) is 4.63. The minimum absolute atomic E-state index is 0.190. The summed E-state index contributed by atoms with van der Waals surface area (Å²) < 4.78 is 0. The van der Waals surface area contributed by atoms with E-state index in [2.05, 4.69) is 5.32 Å². The lowest BCUT2D eigenvalue weighted by Gasteiger charge is -2.15. The molecule has 1 amide bonds. The number of benzene rings is 1. The van der Waals surface area contributed by atoms with Crippen LogP contribution in [0.15, 0.2) is 30.3 Å². The molecule has 22 heavy (non-hydrogen) atoms. The molecule has 1 heterocycles. The number of aliphatic carboxylic acids is 1. The smallest absolute Gasteiger partial charge is 0.330 e. The van der Waals surface area contributed by atoms with Gasteiger partial charge in [-0.05, 0) is 24.8 Å². The number of carbonyl (C=O) groups excluding carboxylic acids is 1. The monoisotopic (exact) mass is 339 g/mol. The summed E-state index contributed by atoms with van der Waals surface area (Å²) >= 11 is 0. The summed E-state index contributed by atoms with van der Waals surface area (Å²) in [6.45, 7) is 0. The first-order valence-corrected chi connectivity index (χ1v) is 9.90. The highest BCUT2D eigenvalue weighted by Crippen LogP contribution is 2.39. The van der Waals surface area contributed by atoms with Crippen LogP contribution in [0.2, 0.25) is 0 Å². The zero-order valence-corrected chi connectivity index (χ0v) is 14.0. The van der Waals surface area contributed by atoms with Crippen LogP contribution in [0.5, 0.6) is 0 Å². The van der Waals surface area contributed by atoms with E-state index in [9.17, 15) is 14.7 Å². The molecule has 0 spiro atoms. The summed E-state index contributed by atoms with van der Waals surface area (Å²) in [5, 5.41) is 12.6. The highest BCUT2D eigenvalue weighted by molar-refractivity contribution is 8.77. The Morgan fingerprint density at radius 1 is 1.27 bits per heavy atom. The molecule has 0 bridgehead atoms. The Hall–Kier alpha value is -1.14. The molecule has 0 aliphatic carbocycles. The second-order valence-corrected chi connectivity index (χ2v) is 8.11. The SMILES string of the molecule is O=C(CCCCC1CCSS1)NC(C(=O)O)c1ccccc1. The van der Waals surface area contributed by atoms with E-state index in [0.717, 1.165) is 24.5 Å². The van der Waals surface area contributed by atoms with Crippen LogP contribution in [0.1, 0.15) is 43.7 Å².